The van der Waals surface area contributed by atoms with E-state index in [0.717, 1.165) is 12.8 Å². The lowest BCUT2D eigenvalue weighted by atomic mass is 9.79. The van der Waals surface area contributed by atoms with E-state index in [-0.39, 0.29) is 5.60 Å². The Bertz CT molecular complexity index is 372. The van der Waals surface area contributed by atoms with Gasteiger partial charge in [0, 0.05) is 0 Å². The summed E-state index contributed by atoms with van der Waals surface area (Å²) in [5.74, 6) is 1.10. The van der Waals surface area contributed by atoms with E-state index in [2.05, 4.69) is 30.3 Å². The van der Waals surface area contributed by atoms with E-state index >= 15 is 0 Å². The molecule has 92 valence electrons. The highest BCUT2D eigenvalue weighted by atomic mass is 16.3. The van der Waals surface area contributed by atoms with Crippen LogP contribution in [0.15, 0.2) is 30.3 Å². The Morgan fingerprint density at radius 2 is 1.76 bits per heavy atom. The Labute approximate surface area is 104 Å². The van der Waals surface area contributed by atoms with Crippen LogP contribution < -0.4 is 0 Å². The van der Waals surface area contributed by atoms with Gasteiger partial charge in [-0.25, -0.2) is 0 Å². The predicted octanol–water partition coefficient (Wildman–Crippen LogP) is 3.88. The van der Waals surface area contributed by atoms with Gasteiger partial charge < -0.3 is 5.11 Å². The summed E-state index contributed by atoms with van der Waals surface area (Å²) in [5.41, 5.74) is 1.09. The van der Waals surface area contributed by atoms with Crippen molar-refractivity contribution in [1.29, 1.82) is 0 Å². The van der Waals surface area contributed by atoms with Gasteiger partial charge in [-0.1, -0.05) is 49.6 Å². The van der Waals surface area contributed by atoms with Gasteiger partial charge >= 0.3 is 0 Å². The number of benzene rings is 1. The third kappa shape index (κ3) is 2.01. The summed E-state index contributed by atoms with van der Waals surface area (Å²) in [6, 6.07) is 10.8. The highest BCUT2D eigenvalue weighted by molar-refractivity contribution is 5.23. The molecule has 0 aliphatic heterocycles. The van der Waals surface area contributed by atoms with Gasteiger partial charge in [0.2, 0.25) is 0 Å². The maximum absolute atomic E-state index is 10.8. The van der Waals surface area contributed by atoms with Crippen molar-refractivity contribution in [3.63, 3.8) is 0 Å². The number of hydrogen-bond donors (Lipinski definition) is 1. The summed E-state index contributed by atoms with van der Waals surface area (Å²) in [7, 11) is 0. The molecule has 3 atom stereocenters. The maximum Gasteiger partial charge on any atom is 0.0681 e. The van der Waals surface area contributed by atoms with Crippen LogP contribution in [0.4, 0.5) is 0 Å². The van der Waals surface area contributed by atoms with Gasteiger partial charge in [-0.05, 0) is 43.1 Å². The molecule has 2 aliphatic carbocycles. The molecule has 2 aliphatic rings. The average molecular weight is 230 g/mol. The van der Waals surface area contributed by atoms with Crippen LogP contribution in [0.2, 0.25) is 0 Å². The van der Waals surface area contributed by atoms with Crippen LogP contribution in [0.1, 0.15) is 56.4 Å². The van der Waals surface area contributed by atoms with E-state index in [0.29, 0.717) is 11.8 Å². The predicted molar refractivity (Wildman–Crippen MR) is 69.9 cm³/mol. The smallest absolute Gasteiger partial charge is 0.0681 e. The molecule has 0 unspecified atom stereocenters. The van der Waals surface area contributed by atoms with Crippen molar-refractivity contribution in [2.45, 2.75) is 56.5 Å². The number of fused-ring (bicyclic) bond motifs is 1. The Morgan fingerprint density at radius 3 is 2.59 bits per heavy atom. The molecule has 1 heteroatoms. The number of hydrogen-bond acceptors (Lipinski definition) is 1. The Morgan fingerprint density at radius 1 is 0.941 bits per heavy atom. The lowest BCUT2D eigenvalue weighted by molar-refractivity contribution is -0.00697. The molecule has 1 aromatic rings. The van der Waals surface area contributed by atoms with Crippen LogP contribution in [0.3, 0.4) is 0 Å². The van der Waals surface area contributed by atoms with Gasteiger partial charge in [-0.3, -0.25) is 0 Å². The molecule has 1 N–H and O–H groups in total. The fourth-order valence-electron chi connectivity index (χ4n) is 4.02. The van der Waals surface area contributed by atoms with Crippen molar-refractivity contribution >= 4 is 0 Å². The number of rotatable bonds is 1. The standard InChI is InChI=1S/C16H22O/c17-16-11-6-2-5-9-15(16)14(10-12-16)13-7-3-1-4-8-13/h1,3-4,7-8,14-15,17H,2,5-6,9-12H2/t14-,15-,16-/m1/s1. The lowest BCUT2D eigenvalue weighted by Gasteiger charge is -2.31. The summed E-state index contributed by atoms with van der Waals surface area (Å²) in [4.78, 5) is 0. The zero-order chi connectivity index (χ0) is 11.7. The average Bonchev–Trinajstić information content (AvgIpc) is 2.56. The van der Waals surface area contributed by atoms with Crippen molar-refractivity contribution in [3.05, 3.63) is 35.9 Å². The first-order valence-electron chi connectivity index (χ1n) is 7.07. The summed E-state index contributed by atoms with van der Waals surface area (Å²) in [6.07, 6.45) is 8.25. The van der Waals surface area contributed by atoms with E-state index in [9.17, 15) is 5.11 Å². The minimum absolute atomic E-state index is 0.350. The topological polar surface area (TPSA) is 20.2 Å². The van der Waals surface area contributed by atoms with Crippen molar-refractivity contribution in [2.24, 2.45) is 5.92 Å². The zero-order valence-corrected chi connectivity index (χ0v) is 10.4. The highest BCUT2D eigenvalue weighted by Gasteiger charge is 2.47. The van der Waals surface area contributed by atoms with Crippen LogP contribution in [0.25, 0.3) is 0 Å². The van der Waals surface area contributed by atoms with Crippen LogP contribution in [-0.2, 0) is 0 Å². The van der Waals surface area contributed by atoms with Crippen LogP contribution in [0.5, 0.6) is 0 Å². The van der Waals surface area contributed by atoms with E-state index in [1.165, 1.54) is 37.7 Å². The Kier molecular flexibility index (Phi) is 2.96. The molecular weight excluding hydrogens is 208 g/mol. The maximum atomic E-state index is 10.8. The Balaban J connectivity index is 1.88. The summed E-state index contributed by atoms with van der Waals surface area (Å²) >= 11 is 0. The molecule has 3 rings (SSSR count). The van der Waals surface area contributed by atoms with Gasteiger partial charge in [0.05, 0.1) is 5.60 Å². The van der Waals surface area contributed by atoms with Crippen LogP contribution in [-0.4, -0.2) is 10.7 Å². The number of aliphatic hydroxyl groups is 1. The van der Waals surface area contributed by atoms with E-state index in [1.807, 2.05) is 0 Å². The minimum Gasteiger partial charge on any atom is -0.390 e. The molecular formula is C16H22O. The zero-order valence-electron chi connectivity index (χ0n) is 10.4. The third-order valence-electron chi connectivity index (χ3n) is 4.92. The Hall–Kier alpha value is -0.820. The molecule has 0 radical (unpaired) electrons. The first-order valence-corrected chi connectivity index (χ1v) is 7.07. The molecule has 0 spiro atoms. The fraction of sp³-hybridized carbons (Fsp3) is 0.625. The van der Waals surface area contributed by atoms with Gasteiger partial charge in [0.15, 0.2) is 0 Å². The molecule has 2 fully saturated rings. The van der Waals surface area contributed by atoms with Gasteiger partial charge in [-0.15, -0.1) is 0 Å². The van der Waals surface area contributed by atoms with Crippen LogP contribution in [0, 0.1) is 5.92 Å². The van der Waals surface area contributed by atoms with Gasteiger partial charge in [0.25, 0.3) is 0 Å². The summed E-state index contributed by atoms with van der Waals surface area (Å²) in [5, 5.41) is 10.8. The molecule has 2 saturated carbocycles. The molecule has 1 aromatic carbocycles. The van der Waals surface area contributed by atoms with Crippen molar-refractivity contribution in [1.82, 2.24) is 0 Å². The first kappa shape index (κ1) is 11.3. The van der Waals surface area contributed by atoms with Crippen molar-refractivity contribution in [3.8, 4) is 0 Å². The van der Waals surface area contributed by atoms with Gasteiger partial charge in [0.1, 0.15) is 0 Å². The highest BCUT2D eigenvalue weighted by Crippen LogP contribution is 2.51. The normalized spacial score (nSPS) is 37.5. The summed E-state index contributed by atoms with van der Waals surface area (Å²) < 4.78 is 0. The monoisotopic (exact) mass is 230 g/mol. The quantitative estimate of drug-likeness (QED) is 0.776. The SMILES string of the molecule is O[C@@]12CCCCC[C@@H]1[C@@H](c1ccccc1)CC2. The molecule has 0 amide bonds. The fourth-order valence-corrected chi connectivity index (χ4v) is 4.02. The first-order chi connectivity index (χ1) is 8.30. The molecule has 0 aromatic heterocycles. The molecule has 0 bridgehead atoms. The van der Waals surface area contributed by atoms with Crippen molar-refractivity contribution < 1.29 is 5.11 Å². The van der Waals surface area contributed by atoms with Gasteiger partial charge in [-0.2, -0.15) is 0 Å². The second kappa shape index (κ2) is 4.45. The molecule has 0 heterocycles. The lowest BCUT2D eigenvalue weighted by Crippen LogP contribution is -2.33. The molecule has 0 saturated heterocycles. The second-order valence-electron chi connectivity index (χ2n) is 5.87. The molecule has 17 heavy (non-hydrogen) atoms. The van der Waals surface area contributed by atoms with Crippen LogP contribution >= 0.6 is 0 Å². The third-order valence-corrected chi connectivity index (χ3v) is 4.92. The second-order valence-corrected chi connectivity index (χ2v) is 5.87. The van der Waals surface area contributed by atoms with E-state index in [4.69, 9.17) is 0 Å². The van der Waals surface area contributed by atoms with E-state index in [1.54, 1.807) is 0 Å². The minimum atomic E-state index is -0.350. The largest absolute Gasteiger partial charge is 0.390 e. The summed E-state index contributed by atoms with van der Waals surface area (Å²) in [6.45, 7) is 0. The van der Waals surface area contributed by atoms with E-state index < -0.39 is 0 Å². The van der Waals surface area contributed by atoms with Crippen molar-refractivity contribution in [2.75, 3.05) is 0 Å². The molecule has 1 nitrogen and oxygen atoms in total.